The molecule has 0 saturated heterocycles. The average Bonchev–Trinajstić information content (AvgIpc) is 2.41. The van der Waals surface area contributed by atoms with Crippen molar-refractivity contribution >= 4 is 11.5 Å². The van der Waals surface area contributed by atoms with Crippen LogP contribution in [0.15, 0.2) is 48.8 Å². The van der Waals surface area contributed by atoms with E-state index in [1.165, 1.54) is 24.3 Å². The first-order chi connectivity index (χ1) is 9.06. The first-order valence-electron chi connectivity index (χ1n) is 5.79. The van der Waals surface area contributed by atoms with Crippen LogP contribution in [-0.4, -0.2) is 10.7 Å². The molecule has 1 aromatic heterocycles. The number of ketones is 1. The number of non-ortho nitro benzene ring substituents is 1. The molecule has 0 aliphatic rings. The quantitative estimate of drug-likeness (QED) is 0.364. The van der Waals surface area contributed by atoms with Crippen molar-refractivity contribution < 1.29 is 14.3 Å². The molecule has 5 heteroatoms. The van der Waals surface area contributed by atoms with Gasteiger partial charge in [0.25, 0.3) is 5.69 Å². The maximum absolute atomic E-state index is 12.0. The molecule has 0 saturated carbocycles. The molecular formula is C14H13N2O3+. The Labute approximate surface area is 110 Å². The monoisotopic (exact) mass is 257 g/mol. The van der Waals surface area contributed by atoms with Gasteiger partial charge in [-0.25, -0.2) is 0 Å². The van der Waals surface area contributed by atoms with Gasteiger partial charge in [0.15, 0.2) is 12.4 Å². The Kier molecular flexibility index (Phi) is 3.66. The number of nitro benzene ring substituents is 1. The fourth-order valence-electron chi connectivity index (χ4n) is 1.66. The molecule has 0 unspecified atom stereocenters. The summed E-state index contributed by atoms with van der Waals surface area (Å²) in [5, 5.41) is 10.5. The number of nitrogens with zero attached hydrogens (tertiary/aromatic N) is 2. The van der Waals surface area contributed by atoms with Gasteiger partial charge < -0.3 is 0 Å². The van der Waals surface area contributed by atoms with E-state index in [4.69, 9.17) is 0 Å². The van der Waals surface area contributed by atoms with Gasteiger partial charge in [-0.1, -0.05) is 0 Å². The lowest BCUT2D eigenvalue weighted by Gasteiger charge is -1.98. The van der Waals surface area contributed by atoms with Crippen molar-refractivity contribution in [3.8, 4) is 0 Å². The Balaban J connectivity index is 2.11. The van der Waals surface area contributed by atoms with Gasteiger partial charge in [-0.05, 0) is 24.6 Å². The van der Waals surface area contributed by atoms with Crippen LogP contribution in [0.4, 0.5) is 5.69 Å². The molecule has 0 aliphatic heterocycles. The van der Waals surface area contributed by atoms with Gasteiger partial charge in [0, 0.05) is 29.8 Å². The van der Waals surface area contributed by atoms with Crippen LogP contribution in [0.2, 0.25) is 0 Å². The number of pyridine rings is 1. The van der Waals surface area contributed by atoms with E-state index in [2.05, 4.69) is 0 Å². The highest BCUT2D eigenvalue weighted by molar-refractivity contribution is 5.95. The Morgan fingerprint density at radius 1 is 1.16 bits per heavy atom. The number of hydrogen-bond acceptors (Lipinski definition) is 3. The second-order valence-corrected chi connectivity index (χ2v) is 4.27. The van der Waals surface area contributed by atoms with E-state index >= 15 is 0 Å². The van der Waals surface area contributed by atoms with E-state index in [1.54, 1.807) is 4.57 Å². The smallest absolute Gasteiger partial charge is 0.269 e. The summed E-state index contributed by atoms with van der Waals surface area (Å²) < 4.78 is 1.77. The third-order valence-electron chi connectivity index (χ3n) is 2.78. The summed E-state index contributed by atoms with van der Waals surface area (Å²) in [7, 11) is 0. The lowest BCUT2D eigenvalue weighted by atomic mass is 10.1. The predicted molar refractivity (Wildman–Crippen MR) is 68.8 cm³/mol. The zero-order valence-electron chi connectivity index (χ0n) is 10.4. The first kappa shape index (κ1) is 12.9. The largest absolute Gasteiger partial charge is 0.287 e. The maximum atomic E-state index is 12.0. The lowest BCUT2D eigenvalue weighted by Crippen LogP contribution is -2.37. The third-order valence-corrected chi connectivity index (χ3v) is 2.78. The predicted octanol–water partition coefficient (Wildman–Crippen LogP) is 2.07. The maximum Gasteiger partial charge on any atom is 0.269 e. The van der Waals surface area contributed by atoms with Gasteiger partial charge in [0.1, 0.15) is 0 Å². The summed E-state index contributed by atoms with van der Waals surface area (Å²) in [6, 6.07) is 9.48. The van der Waals surface area contributed by atoms with Crippen LogP contribution in [-0.2, 0) is 6.54 Å². The molecule has 0 radical (unpaired) electrons. The van der Waals surface area contributed by atoms with Crippen molar-refractivity contribution in [2.75, 3.05) is 0 Å². The Morgan fingerprint density at radius 2 is 1.74 bits per heavy atom. The van der Waals surface area contributed by atoms with E-state index in [0.717, 1.165) is 5.56 Å². The summed E-state index contributed by atoms with van der Waals surface area (Å²) >= 11 is 0. The van der Waals surface area contributed by atoms with Crippen LogP contribution in [0.5, 0.6) is 0 Å². The number of aryl methyl sites for hydroxylation is 1. The molecule has 0 atom stereocenters. The second-order valence-electron chi connectivity index (χ2n) is 4.27. The minimum atomic E-state index is -0.483. The lowest BCUT2D eigenvalue weighted by molar-refractivity contribution is -0.683. The van der Waals surface area contributed by atoms with Gasteiger partial charge in [-0.3, -0.25) is 14.9 Å². The number of benzene rings is 1. The first-order valence-corrected chi connectivity index (χ1v) is 5.79. The highest BCUT2D eigenvalue weighted by atomic mass is 16.6. The number of carbonyl (C=O) groups is 1. The van der Waals surface area contributed by atoms with Crippen LogP contribution < -0.4 is 4.57 Å². The molecule has 0 fully saturated rings. The van der Waals surface area contributed by atoms with Crippen LogP contribution in [0.3, 0.4) is 0 Å². The Morgan fingerprint density at radius 3 is 2.26 bits per heavy atom. The van der Waals surface area contributed by atoms with Crippen molar-refractivity contribution in [3.05, 3.63) is 70.0 Å². The van der Waals surface area contributed by atoms with Gasteiger partial charge >= 0.3 is 0 Å². The summed E-state index contributed by atoms with van der Waals surface area (Å²) in [6.45, 7) is 2.20. The van der Waals surface area contributed by atoms with Crippen molar-refractivity contribution in [1.82, 2.24) is 0 Å². The van der Waals surface area contributed by atoms with E-state index < -0.39 is 4.92 Å². The van der Waals surface area contributed by atoms with Crippen molar-refractivity contribution in [2.45, 2.75) is 13.5 Å². The number of nitro groups is 1. The number of carbonyl (C=O) groups excluding carboxylic acids is 1. The highest BCUT2D eigenvalue weighted by Crippen LogP contribution is 2.12. The number of rotatable bonds is 4. The molecule has 96 valence electrons. The Bertz CT molecular complexity index is 604. The van der Waals surface area contributed by atoms with Gasteiger partial charge in [-0.2, -0.15) is 4.57 Å². The van der Waals surface area contributed by atoms with E-state index in [-0.39, 0.29) is 18.0 Å². The van der Waals surface area contributed by atoms with Crippen LogP contribution in [0.25, 0.3) is 0 Å². The van der Waals surface area contributed by atoms with E-state index in [1.807, 2.05) is 31.5 Å². The highest BCUT2D eigenvalue weighted by Gasteiger charge is 2.13. The summed E-state index contributed by atoms with van der Waals surface area (Å²) in [5.41, 5.74) is 1.58. The minimum absolute atomic E-state index is 0.0143. The zero-order valence-corrected chi connectivity index (χ0v) is 10.4. The van der Waals surface area contributed by atoms with Gasteiger partial charge in [0.2, 0.25) is 12.3 Å². The Hall–Kier alpha value is -2.56. The summed E-state index contributed by atoms with van der Waals surface area (Å²) in [5.74, 6) is -0.0799. The van der Waals surface area contributed by atoms with Crippen LogP contribution in [0, 0.1) is 17.0 Å². The normalized spacial score (nSPS) is 10.2. The number of hydrogen-bond donors (Lipinski definition) is 0. The third kappa shape index (κ3) is 3.22. The number of aromatic nitrogens is 1. The summed E-state index contributed by atoms with van der Waals surface area (Å²) in [6.07, 6.45) is 3.66. The molecule has 19 heavy (non-hydrogen) atoms. The summed E-state index contributed by atoms with van der Waals surface area (Å²) in [4.78, 5) is 22.0. The average molecular weight is 257 g/mol. The second kappa shape index (κ2) is 5.39. The molecule has 1 aromatic carbocycles. The minimum Gasteiger partial charge on any atom is -0.287 e. The van der Waals surface area contributed by atoms with Crippen LogP contribution >= 0.6 is 0 Å². The van der Waals surface area contributed by atoms with E-state index in [0.29, 0.717) is 5.56 Å². The molecule has 0 bridgehead atoms. The zero-order chi connectivity index (χ0) is 13.8. The van der Waals surface area contributed by atoms with E-state index in [9.17, 15) is 14.9 Å². The van der Waals surface area contributed by atoms with Gasteiger partial charge in [-0.15, -0.1) is 0 Å². The number of Topliss-reactive ketones (excluding diaryl/α,β-unsaturated/α-hetero) is 1. The fourth-order valence-corrected chi connectivity index (χ4v) is 1.66. The molecule has 2 aromatic rings. The molecule has 1 heterocycles. The SMILES string of the molecule is Cc1cc[n+](CC(=O)c2ccc([N+](=O)[O-])cc2)cc1. The van der Waals surface area contributed by atoms with Crippen molar-refractivity contribution in [1.29, 1.82) is 0 Å². The topological polar surface area (TPSA) is 64.1 Å². The molecule has 5 nitrogen and oxygen atoms in total. The van der Waals surface area contributed by atoms with Crippen molar-refractivity contribution in [2.24, 2.45) is 0 Å². The molecule has 0 amide bonds. The van der Waals surface area contributed by atoms with Crippen LogP contribution in [0.1, 0.15) is 15.9 Å². The molecule has 0 spiro atoms. The fraction of sp³-hybridized carbons (Fsp3) is 0.143. The van der Waals surface area contributed by atoms with Gasteiger partial charge in [0.05, 0.1) is 4.92 Å². The molecule has 0 N–H and O–H groups in total. The molecule has 2 rings (SSSR count). The standard InChI is InChI=1S/C14H13N2O3/c1-11-6-8-15(9-7-11)10-14(17)12-2-4-13(5-3-12)16(18)19/h2-9H,10H2,1H3/q+1. The van der Waals surface area contributed by atoms with Crippen molar-refractivity contribution in [3.63, 3.8) is 0 Å². The molecule has 0 aliphatic carbocycles. The molecular weight excluding hydrogens is 244 g/mol.